The highest BCUT2D eigenvalue weighted by atomic mass is 35.5. The summed E-state index contributed by atoms with van der Waals surface area (Å²) in [4.78, 5) is 17.6. The van der Waals surface area contributed by atoms with Gasteiger partial charge in [-0.05, 0) is 25.0 Å². The van der Waals surface area contributed by atoms with E-state index in [1.165, 1.54) is 11.0 Å². The number of hydrogen-bond acceptors (Lipinski definition) is 3. The standard InChI is InChI=1S/C13H15ClF3N3O/c1-18-10-5-4-9(14)11(19-10)12(21)20-6-2-3-8(7-20)13(15,16)17/h4-5,8H,2-3,6-7H2,1H3,(H,18,19). The number of pyridine rings is 1. The summed E-state index contributed by atoms with van der Waals surface area (Å²) in [5.41, 5.74) is -0.0219. The Labute approximate surface area is 125 Å². The van der Waals surface area contributed by atoms with E-state index in [9.17, 15) is 18.0 Å². The number of rotatable bonds is 2. The number of piperidine rings is 1. The van der Waals surface area contributed by atoms with Crippen LogP contribution in [0.2, 0.25) is 5.02 Å². The molecule has 8 heteroatoms. The molecule has 1 aliphatic rings. The Balaban J connectivity index is 2.20. The molecule has 1 atom stereocenters. The molecule has 21 heavy (non-hydrogen) atoms. The number of likely N-dealkylation sites (tertiary alicyclic amines) is 1. The van der Waals surface area contributed by atoms with E-state index in [1.54, 1.807) is 13.1 Å². The second-order valence-electron chi connectivity index (χ2n) is 4.91. The molecule has 0 spiro atoms. The molecule has 2 rings (SSSR count). The number of nitrogens with one attached hydrogen (secondary N) is 1. The zero-order chi connectivity index (χ0) is 15.6. The molecule has 0 saturated carbocycles. The second-order valence-corrected chi connectivity index (χ2v) is 5.32. The lowest BCUT2D eigenvalue weighted by atomic mass is 9.97. The van der Waals surface area contributed by atoms with E-state index in [0.717, 1.165) is 0 Å². The van der Waals surface area contributed by atoms with Crippen molar-refractivity contribution >= 4 is 23.3 Å². The van der Waals surface area contributed by atoms with Gasteiger partial charge in [0.2, 0.25) is 0 Å². The molecule has 2 heterocycles. The topological polar surface area (TPSA) is 45.2 Å². The van der Waals surface area contributed by atoms with Crippen molar-refractivity contribution in [1.29, 1.82) is 0 Å². The first kappa shape index (κ1) is 15.9. The van der Waals surface area contributed by atoms with Crippen molar-refractivity contribution in [2.45, 2.75) is 19.0 Å². The fourth-order valence-electron chi connectivity index (χ4n) is 2.31. The van der Waals surface area contributed by atoms with Crippen LogP contribution in [-0.4, -0.2) is 42.1 Å². The number of nitrogens with zero attached hydrogens (tertiary/aromatic N) is 2. The first-order chi connectivity index (χ1) is 9.82. The van der Waals surface area contributed by atoms with E-state index < -0.39 is 18.0 Å². The Hall–Kier alpha value is -1.50. The summed E-state index contributed by atoms with van der Waals surface area (Å²) in [6, 6.07) is 3.09. The number of hydrogen-bond donors (Lipinski definition) is 1. The van der Waals surface area contributed by atoms with Crippen molar-refractivity contribution in [3.8, 4) is 0 Å². The van der Waals surface area contributed by atoms with Crippen molar-refractivity contribution in [3.05, 3.63) is 22.8 Å². The fourth-order valence-corrected chi connectivity index (χ4v) is 2.50. The van der Waals surface area contributed by atoms with Gasteiger partial charge in [-0.3, -0.25) is 4.79 Å². The van der Waals surface area contributed by atoms with Crippen LogP contribution >= 0.6 is 11.6 Å². The number of carbonyl (C=O) groups excluding carboxylic acids is 1. The number of alkyl halides is 3. The monoisotopic (exact) mass is 321 g/mol. The Bertz CT molecular complexity index is 536. The summed E-state index contributed by atoms with van der Waals surface area (Å²) in [5, 5.41) is 2.90. The molecule has 0 radical (unpaired) electrons. The van der Waals surface area contributed by atoms with Gasteiger partial charge >= 0.3 is 6.18 Å². The van der Waals surface area contributed by atoms with Gasteiger partial charge in [-0.1, -0.05) is 11.6 Å². The highest BCUT2D eigenvalue weighted by Gasteiger charge is 2.43. The van der Waals surface area contributed by atoms with Gasteiger partial charge in [0.25, 0.3) is 5.91 Å². The lowest BCUT2D eigenvalue weighted by Crippen LogP contribution is -2.44. The molecular weight excluding hydrogens is 307 g/mol. The largest absolute Gasteiger partial charge is 0.393 e. The van der Waals surface area contributed by atoms with Gasteiger partial charge in [0.1, 0.15) is 11.5 Å². The average molecular weight is 322 g/mol. The molecule has 1 saturated heterocycles. The lowest BCUT2D eigenvalue weighted by molar-refractivity contribution is -0.184. The average Bonchev–Trinajstić information content (AvgIpc) is 2.46. The molecular formula is C13H15ClF3N3O. The van der Waals surface area contributed by atoms with E-state index in [2.05, 4.69) is 10.3 Å². The zero-order valence-electron chi connectivity index (χ0n) is 11.4. The second kappa shape index (κ2) is 6.09. The normalized spacial score (nSPS) is 19.5. The Morgan fingerprint density at radius 1 is 1.48 bits per heavy atom. The minimum absolute atomic E-state index is 0.0219. The summed E-state index contributed by atoms with van der Waals surface area (Å²) >= 11 is 5.93. The summed E-state index contributed by atoms with van der Waals surface area (Å²) < 4.78 is 38.4. The summed E-state index contributed by atoms with van der Waals surface area (Å²) in [5.74, 6) is -1.61. The van der Waals surface area contributed by atoms with Crippen LogP contribution in [0, 0.1) is 5.92 Å². The van der Waals surface area contributed by atoms with Crippen molar-refractivity contribution in [2.75, 3.05) is 25.5 Å². The first-order valence-electron chi connectivity index (χ1n) is 6.53. The molecule has 4 nitrogen and oxygen atoms in total. The molecule has 1 aromatic heterocycles. The van der Waals surface area contributed by atoms with Gasteiger partial charge < -0.3 is 10.2 Å². The number of aromatic nitrogens is 1. The SMILES string of the molecule is CNc1ccc(Cl)c(C(=O)N2CCCC(C(F)(F)F)C2)n1. The van der Waals surface area contributed by atoms with E-state index in [1.807, 2.05) is 0 Å². The van der Waals surface area contributed by atoms with E-state index in [4.69, 9.17) is 11.6 Å². The molecule has 0 aromatic carbocycles. The van der Waals surface area contributed by atoms with Crippen LogP contribution in [0.3, 0.4) is 0 Å². The molecule has 1 N–H and O–H groups in total. The maximum atomic E-state index is 12.8. The van der Waals surface area contributed by atoms with E-state index in [-0.39, 0.29) is 30.2 Å². The number of amides is 1. The Morgan fingerprint density at radius 3 is 2.81 bits per heavy atom. The molecule has 116 valence electrons. The molecule has 1 fully saturated rings. The predicted octanol–water partition coefficient (Wildman–Crippen LogP) is 3.19. The molecule has 0 bridgehead atoms. The van der Waals surface area contributed by atoms with Crippen molar-refractivity contribution in [3.63, 3.8) is 0 Å². The maximum Gasteiger partial charge on any atom is 0.393 e. The van der Waals surface area contributed by atoms with Crippen LogP contribution in [0.1, 0.15) is 23.3 Å². The number of halogens is 4. The third kappa shape index (κ3) is 3.58. The van der Waals surface area contributed by atoms with Gasteiger partial charge in [0, 0.05) is 20.1 Å². The first-order valence-corrected chi connectivity index (χ1v) is 6.91. The van der Waals surface area contributed by atoms with Gasteiger partial charge in [0.15, 0.2) is 0 Å². The third-order valence-electron chi connectivity index (χ3n) is 3.48. The summed E-state index contributed by atoms with van der Waals surface area (Å²) in [6.45, 7) is -0.0582. The third-order valence-corrected chi connectivity index (χ3v) is 3.78. The van der Waals surface area contributed by atoms with Crippen LogP contribution in [-0.2, 0) is 0 Å². The Kier molecular flexibility index (Phi) is 4.61. The quantitative estimate of drug-likeness (QED) is 0.910. The van der Waals surface area contributed by atoms with Crippen molar-refractivity contribution < 1.29 is 18.0 Å². The Morgan fingerprint density at radius 2 is 2.19 bits per heavy atom. The van der Waals surface area contributed by atoms with Crippen LogP contribution in [0.25, 0.3) is 0 Å². The van der Waals surface area contributed by atoms with E-state index >= 15 is 0 Å². The summed E-state index contributed by atoms with van der Waals surface area (Å²) in [6.07, 6.45) is -3.92. The van der Waals surface area contributed by atoms with Gasteiger partial charge in [-0.25, -0.2) is 4.98 Å². The lowest BCUT2D eigenvalue weighted by Gasteiger charge is -2.33. The highest BCUT2D eigenvalue weighted by Crippen LogP contribution is 2.33. The predicted molar refractivity (Wildman–Crippen MR) is 73.5 cm³/mol. The summed E-state index contributed by atoms with van der Waals surface area (Å²) in [7, 11) is 1.63. The molecule has 1 unspecified atom stereocenters. The minimum atomic E-state index is -4.29. The smallest absolute Gasteiger partial charge is 0.373 e. The maximum absolute atomic E-state index is 12.8. The van der Waals surface area contributed by atoms with Crippen LogP contribution in [0.15, 0.2) is 12.1 Å². The van der Waals surface area contributed by atoms with Crippen LogP contribution in [0.4, 0.5) is 19.0 Å². The molecule has 1 aliphatic heterocycles. The fraction of sp³-hybridized carbons (Fsp3) is 0.538. The molecule has 1 amide bonds. The van der Waals surface area contributed by atoms with Gasteiger partial charge in [0.05, 0.1) is 10.9 Å². The zero-order valence-corrected chi connectivity index (χ0v) is 12.1. The molecule has 0 aliphatic carbocycles. The number of anilines is 1. The van der Waals surface area contributed by atoms with Crippen molar-refractivity contribution in [2.24, 2.45) is 5.92 Å². The van der Waals surface area contributed by atoms with Crippen LogP contribution in [0.5, 0.6) is 0 Å². The van der Waals surface area contributed by atoms with E-state index in [0.29, 0.717) is 12.2 Å². The van der Waals surface area contributed by atoms with Crippen LogP contribution < -0.4 is 5.32 Å². The van der Waals surface area contributed by atoms with Gasteiger partial charge in [-0.15, -0.1) is 0 Å². The van der Waals surface area contributed by atoms with Gasteiger partial charge in [-0.2, -0.15) is 13.2 Å². The number of carbonyl (C=O) groups is 1. The highest BCUT2D eigenvalue weighted by molar-refractivity contribution is 6.33. The molecule has 1 aromatic rings. The minimum Gasteiger partial charge on any atom is -0.373 e. The van der Waals surface area contributed by atoms with Crippen molar-refractivity contribution in [1.82, 2.24) is 9.88 Å².